The highest BCUT2D eigenvalue weighted by Gasteiger charge is 2.22. The van der Waals surface area contributed by atoms with Crippen LogP contribution in [0.4, 0.5) is 4.39 Å². The van der Waals surface area contributed by atoms with E-state index in [2.05, 4.69) is 4.72 Å². The molecule has 102 valence electrons. The summed E-state index contributed by atoms with van der Waals surface area (Å²) in [7, 11) is -3.89. The lowest BCUT2D eigenvalue weighted by Crippen LogP contribution is -2.27. The van der Waals surface area contributed by atoms with Gasteiger partial charge in [0.25, 0.3) is 0 Å². The van der Waals surface area contributed by atoms with Gasteiger partial charge < -0.3 is 0 Å². The van der Waals surface area contributed by atoms with Gasteiger partial charge in [-0.3, -0.25) is 0 Å². The number of thiophene rings is 1. The molecule has 1 heterocycles. The van der Waals surface area contributed by atoms with Crippen LogP contribution in [0.3, 0.4) is 0 Å². The normalized spacial score (nSPS) is 13.4. The van der Waals surface area contributed by atoms with Gasteiger partial charge in [0.15, 0.2) is 0 Å². The molecule has 0 spiro atoms. The van der Waals surface area contributed by atoms with Gasteiger partial charge >= 0.3 is 0 Å². The molecular weight excluding hydrogens is 309 g/mol. The molecule has 0 saturated carbocycles. The predicted molar refractivity (Wildman–Crippen MR) is 74.5 cm³/mol. The highest BCUT2D eigenvalue weighted by atomic mass is 35.5. The number of hydrogen-bond acceptors (Lipinski definition) is 3. The first-order chi connectivity index (χ1) is 8.90. The third-order valence-corrected chi connectivity index (χ3v) is 5.47. The fourth-order valence-corrected chi connectivity index (χ4v) is 4.02. The summed E-state index contributed by atoms with van der Waals surface area (Å²) in [5, 5.41) is 0. The van der Waals surface area contributed by atoms with Crippen molar-refractivity contribution in [2.24, 2.45) is 0 Å². The molecule has 0 aliphatic rings. The fraction of sp³-hybridized carbons (Fsp3) is 0.167. The lowest BCUT2D eigenvalue weighted by atomic mass is 10.3. The standard InChI is InChI=1S/C12H11ClFNO2S2/c1-8(10-6-7-12(13)18-10)15-19(16,17)11-5-3-2-4-9(11)14/h2-8,15H,1H3. The highest BCUT2D eigenvalue weighted by molar-refractivity contribution is 7.89. The highest BCUT2D eigenvalue weighted by Crippen LogP contribution is 2.28. The molecule has 19 heavy (non-hydrogen) atoms. The van der Waals surface area contributed by atoms with Crippen LogP contribution in [-0.4, -0.2) is 8.42 Å². The van der Waals surface area contributed by atoms with Crippen LogP contribution in [0, 0.1) is 5.82 Å². The van der Waals surface area contributed by atoms with Crippen LogP contribution in [0.1, 0.15) is 17.8 Å². The quantitative estimate of drug-likeness (QED) is 0.936. The maximum absolute atomic E-state index is 13.5. The van der Waals surface area contributed by atoms with E-state index in [4.69, 9.17) is 11.6 Å². The Kier molecular flexibility index (Phi) is 4.25. The molecule has 7 heteroatoms. The number of halogens is 2. The lowest BCUT2D eigenvalue weighted by Gasteiger charge is -2.13. The van der Waals surface area contributed by atoms with Crippen LogP contribution in [0.2, 0.25) is 4.34 Å². The van der Waals surface area contributed by atoms with E-state index in [1.54, 1.807) is 19.1 Å². The van der Waals surface area contributed by atoms with Crippen LogP contribution in [0.25, 0.3) is 0 Å². The van der Waals surface area contributed by atoms with E-state index >= 15 is 0 Å². The maximum atomic E-state index is 13.5. The molecule has 1 aromatic carbocycles. The predicted octanol–water partition coefficient (Wildman–Crippen LogP) is 3.58. The zero-order valence-corrected chi connectivity index (χ0v) is 12.3. The Hall–Kier alpha value is -0.950. The summed E-state index contributed by atoms with van der Waals surface area (Å²) in [4.78, 5) is 0.411. The van der Waals surface area contributed by atoms with Gasteiger partial charge in [-0.25, -0.2) is 17.5 Å². The van der Waals surface area contributed by atoms with Gasteiger partial charge in [-0.1, -0.05) is 23.7 Å². The minimum absolute atomic E-state index is 0.357. The molecule has 1 unspecified atom stereocenters. The Balaban J connectivity index is 2.25. The van der Waals surface area contributed by atoms with E-state index in [1.165, 1.54) is 29.5 Å². The van der Waals surface area contributed by atoms with Crippen molar-refractivity contribution in [2.75, 3.05) is 0 Å². The van der Waals surface area contributed by atoms with Gasteiger partial charge in [0.1, 0.15) is 10.7 Å². The van der Waals surface area contributed by atoms with Crippen LogP contribution < -0.4 is 4.72 Å². The molecule has 2 rings (SSSR count). The minimum Gasteiger partial charge on any atom is -0.207 e. The molecule has 2 aromatic rings. The third-order valence-electron chi connectivity index (χ3n) is 2.48. The van der Waals surface area contributed by atoms with Gasteiger partial charge in [-0.2, -0.15) is 0 Å². The Morgan fingerprint density at radius 1 is 1.26 bits per heavy atom. The van der Waals surface area contributed by atoms with Crippen LogP contribution in [0.15, 0.2) is 41.3 Å². The largest absolute Gasteiger partial charge is 0.244 e. The van der Waals surface area contributed by atoms with E-state index in [9.17, 15) is 12.8 Å². The number of nitrogens with one attached hydrogen (secondary N) is 1. The Bertz CT molecular complexity index is 685. The molecule has 0 radical (unpaired) electrons. The van der Waals surface area contributed by atoms with Crippen molar-refractivity contribution in [3.8, 4) is 0 Å². The topological polar surface area (TPSA) is 46.2 Å². The van der Waals surface area contributed by atoms with Crippen molar-refractivity contribution in [3.05, 3.63) is 51.4 Å². The molecule has 0 bridgehead atoms. The number of hydrogen-bond donors (Lipinski definition) is 1. The molecule has 0 aliphatic carbocycles. The summed E-state index contributed by atoms with van der Waals surface area (Å²) in [5.74, 6) is -0.772. The summed E-state index contributed by atoms with van der Waals surface area (Å²) in [6, 6.07) is 8.22. The zero-order chi connectivity index (χ0) is 14.0. The van der Waals surface area contributed by atoms with Gasteiger partial charge in [0, 0.05) is 4.88 Å². The van der Waals surface area contributed by atoms with Crippen LogP contribution >= 0.6 is 22.9 Å². The van der Waals surface area contributed by atoms with E-state index < -0.39 is 21.9 Å². The first-order valence-corrected chi connectivity index (χ1v) is 8.10. The van der Waals surface area contributed by atoms with Crippen molar-refractivity contribution in [2.45, 2.75) is 17.9 Å². The first kappa shape index (κ1) is 14.5. The molecule has 1 aromatic heterocycles. The second-order valence-corrected chi connectivity index (χ2v) is 7.34. The Morgan fingerprint density at radius 2 is 1.95 bits per heavy atom. The second kappa shape index (κ2) is 5.58. The number of rotatable bonds is 4. The molecule has 0 aliphatic heterocycles. The summed E-state index contributed by atoms with van der Waals surface area (Å²) in [6.07, 6.45) is 0. The second-order valence-electron chi connectivity index (χ2n) is 3.92. The number of benzene rings is 1. The summed E-state index contributed by atoms with van der Waals surface area (Å²) >= 11 is 7.08. The van der Waals surface area contributed by atoms with Crippen LogP contribution in [0.5, 0.6) is 0 Å². The summed E-state index contributed by atoms with van der Waals surface area (Å²) in [5.41, 5.74) is 0. The van der Waals surface area contributed by atoms with E-state index in [0.717, 1.165) is 10.9 Å². The zero-order valence-electron chi connectivity index (χ0n) is 9.93. The molecule has 3 nitrogen and oxygen atoms in total. The SMILES string of the molecule is CC(NS(=O)(=O)c1ccccc1F)c1ccc(Cl)s1. The first-order valence-electron chi connectivity index (χ1n) is 5.42. The summed E-state index contributed by atoms with van der Waals surface area (Å²) in [6.45, 7) is 1.68. The van der Waals surface area contributed by atoms with Gasteiger partial charge in [-0.15, -0.1) is 11.3 Å². The molecular formula is C12H11ClFNO2S2. The minimum atomic E-state index is -3.89. The van der Waals surface area contributed by atoms with E-state index in [0.29, 0.717) is 4.34 Å². The monoisotopic (exact) mass is 319 g/mol. The van der Waals surface area contributed by atoms with Gasteiger partial charge in [0.05, 0.1) is 10.4 Å². The van der Waals surface area contributed by atoms with E-state index in [-0.39, 0.29) is 4.90 Å². The van der Waals surface area contributed by atoms with Crippen molar-refractivity contribution in [1.29, 1.82) is 0 Å². The van der Waals surface area contributed by atoms with Crippen molar-refractivity contribution >= 4 is 33.0 Å². The van der Waals surface area contributed by atoms with Crippen molar-refractivity contribution in [1.82, 2.24) is 4.72 Å². The van der Waals surface area contributed by atoms with E-state index in [1.807, 2.05) is 0 Å². The lowest BCUT2D eigenvalue weighted by molar-refractivity contribution is 0.548. The van der Waals surface area contributed by atoms with Crippen molar-refractivity contribution in [3.63, 3.8) is 0 Å². The fourth-order valence-electron chi connectivity index (χ4n) is 1.58. The Morgan fingerprint density at radius 3 is 2.53 bits per heavy atom. The summed E-state index contributed by atoms with van der Waals surface area (Å²) < 4.78 is 40.6. The Labute approximate surface area is 120 Å². The number of sulfonamides is 1. The molecule has 1 atom stereocenters. The average Bonchev–Trinajstić information content (AvgIpc) is 2.76. The smallest absolute Gasteiger partial charge is 0.207 e. The molecule has 1 N–H and O–H groups in total. The molecule has 0 amide bonds. The molecule has 0 fully saturated rings. The van der Waals surface area contributed by atoms with Gasteiger partial charge in [-0.05, 0) is 31.2 Å². The van der Waals surface area contributed by atoms with Gasteiger partial charge in [0.2, 0.25) is 10.0 Å². The van der Waals surface area contributed by atoms with Crippen molar-refractivity contribution < 1.29 is 12.8 Å². The molecule has 0 saturated heterocycles. The third kappa shape index (κ3) is 3.33. The maximum Gasteiger partial charge on any atom is 0.244 e. The van der Waals surface area contributed by atoms with Crippen LogP contribution in [-0.2, 0) is 10.0 Å². The average molecular weight is 320 g/mol.